The molecule has 10 heteroatoms. The van der Waals surface area contributed by atoms with Crippen molar-refractivity contribution in [1.29, 1.82) is 0 Å². The molecule has 0 radical (unpaired) electrons. The predicted molar refractivity (Wildman–Crippen MR) is 114 cm³/mol. The molecule has 0 unspecified atom stereocenters. The van der Waals surface area contributed by atoms with Crippen LogP contribution in [0.3, 0.4) is 0 Å². The maximum Gasteiger partial charge on any atom is 0.411 e. The van der Waals surface area contributed by atoms with Crippen molar-refractivity contribution in [1.82, 2.24) is 0 Å². The highest BCUT2D eigenvalue weighted by atomic mass is 32.2. The molecule has 1 aliphatic carbocycles. The van der Waals surface area contributed by atoms with Gasteiger partial charge < -0.3 is 14.9 Å². The largest absolute Gasteiger partial charge is 0.505 e. The molecule has 0 saturated carbocycles. The van der Waals surface area contributed by atoms with Crippen molar-refractivity contribution < 1.29 is 37.5 Å². The van der Waals surface area contributed by atoms with Crippen LogP contribution in [0, 0.1) is 0 Å². The van der Waals surface area contributed by atoms with Crippen molar-refractivity contribution >= 4 is 27.9 Å². The Labute approximate surface area is 182 Å². The van der Waals surface area contributed by atoms with Crippen molar-refractivity contribution in [2.24, 2.45) is 0 Å². The number of benzene rings is 3. The number of carboxylic acids is 1. The van der Waals surface area contributed by atoms with Crippen molar-refractivity contribution in [2.75, 3.05) is 11.9 Å². The number of anilines is 1. The summed E-state index contributed by atoms with van der Waals surface area (Å²) in [5.74, 6) is -2.76. The van der Waals surface area contributed by atoms with Crippen molar-refractivity contribution in [3.05, 3.63) is 77.4 Å². The lowest BCUT2D eigenvalue weighted by Gasteiger charge is -2.15. The highest BCUT2D eigenvalue weighted by Crippen LogP contribution is 2.44. The number of ether oxygens (including phenoxy) is 1. The minimum atomic E-state index is -4.79. The SMILES string of the molecule is O=C(Nc1cc(S(=O)(=O)O)cc(C(=O)O)c1O)OCC1c2ccccc2-c2ccccc21. The number of nitrogens with one attached hydrogen (secondary N) is 1. The second-order valence-electron chi connectivity index (χ2n) is 7.10. The number of amides is 1. The van der Waals surface area contributed by atoms with E-state index < -0.39 is 44.1 Å². The summed E-state index contributed by atoms with van der Waals surface area (Å²) in [4.78, 5) is 22.9. The maximum atomic E-state index is 12.4. The van der Waals surface area contributed by atoms with E-state index in [1.54, 1.807) is 0 Å². The molecule has 0 heterocycles. The van der Waals surface area contributed by atoms with Gasteiger partial charge in [0.2, 0.25) is 0 Å². The van der Waals surface area contributed by atoms with E-state index >= 15 is 0 Å². The van der Waals surface area contributed by atoms with Gasteiger partial charge >= 0.3 is 12.1 Å². The van der Waals surface area contributed by atoms with Crippen LogP contribution in [-0.4, -0.2) is 41.9 Å². The number of carboxylic acid groups (broad SMARTS) is 1. The third kappa shape index (κ3) is 3.88. The second-order valence-corrected chi connectivity index (χ2v) is 8.52. The van der Waals surface area contributed by atoms with Crippen LogP contribution in [0.5, 0.6) is 5.75 Å². The van der Waals surface area contributed by atoms with Crippen LogP contribution in [0.1, 0.15) is 27.4 Å². The number of aromatic carboxylic acids is 1. The first-order chi connectivity index (χ1) is 15.2. The van der Waals surface area contributed by atoms with E-state index in [0.29, 0.717) is 6.07 Å². The molecule has 0 bridgehead atoms. The molecule has 9 nitrogen and oxygen atoms in total. The first-order valence-electron chi connectivity index (χ1n) is 9.36. The summed E-state index contributed by atoms with van der Waals surface area (Å²) in [7, 11) is -4.79. The van der Waals surface area contributed by atoms with Gasteiger partial charge in [-0.25, -0.2) is 9.59 Å². The molecule has 0 aliphatic heterocycles. The van der Waals surface area contributed by atoms with E-state index in [9.17, 15) is 27.7 Å². The fourth-order valence-electron chi connectivity index (χ4n) is 3.76. The number of phenols is 1. The third-order valence-corrected chi connectivity index (χ3v) is 6.02. The normalized spacial score (nSPS) is 12.7. The number of aromatic hydroxyl groups is 1. The zero-order valence-electron chi connectivity index (χ0n) is 16.3. The first-order valence-corrected chi connectivity index (χ1v) is 10.8. The Hall–Kier alpha value is -3.89. The summed E-state index contributed by atoms with van der Waals surface area (Å²) in [6, 6.07) is 16.7. The van der Waals surface area contributed by atoms with Crippen LogP contribution in [0.25, 0.3) is 11.1 Å². The Balaban J connectivity index is 1.57. The van der Waals surface area contributed by atoms with E-state index in [2.05, 4.69) is 5.32 Å². The van der Waals surface area contributed by atoms with Gasteiger partial charge in [0.15, 0.2) is 5.75 Å². The Morgan fingerprint density at radius 3 is 2.06 bits per heavy atom. The predicted octanol–water partition coefficient (Wildman–Crippen LogP) is 3.70. The fourth-order valence-corrected chi connectivity index (χ4v) is 4.29. The van der Waals surface area contributed by atoms with Crippen LogP contribution in [0.4, 0.5) is 10.5 Å². The van der Waals surface area contributed by atoms with Gasteiger partial charge in [0.25, 0.3) is 10.1 Å². The molecule has 3 aromatic carbocycles. The van der Waals surface area contributed by atoms with Crippen LogP contribution in [0.2, 0.25) is 0 Å². The average molecular weight is 455 g/mol. The number of carbonyl (C=O) groups excluding carboxylic acids is 1. The molecule has 0 aromatic heterocycles. The lowest BCUT2D eigenvalue weighted by atomic mass is 9.98. The maximum absolute atomic E-state index is 12.4. The lowest BCUT2D eigenvalue weighted by molar-refractivity contribution is 0.0693. The smallest absolute Gasteiger partial charge is 0.411 e. The number of carbonyl (C=O) groups is 2. The molecular formula is C22H17NO8S. The number of hydrogen-bond acceptors (Lipinski definition) is 6. The molecule has 1 amide bonds. The summed E-state index contributed by atoms with van der Waals surface area (Å²) in [5.41, 5.74) is 2.67. The average Bonchev–Trinajstić information content (AvgIpc) is 3.06. The van der Waals surface area contributed by atoms with E-state index in [-0.39, 0.29) is 12.5 Å². The molecule has 0 fully saturated rings. The van der Waals surface area contributed by atoms with Gasteiger partial charge in [-0.1, -0.05) is 48.5 Å². The van der Waals surface area contributed by atoms with Gasteiger partial charge in [-0.15, -0.1) is 0 Å². The van der Waals surface area contributed by atoms with Gasteiger partial charge in [-0.05, 0) is 34.4 Å². The third-order valence-electron chi connectivity index (χ3n) is 5.19. The zero-order valence-corrected chi connectivity index (χ0v) is 17.2. The number of fused-ring (bicyclic) bond motifs is 3. The summed E-state index contributed by atoms with van der Waals surface area (Å²) in [6.07, 6.45) is -1.04. The van der Waals surface area contributed by atoms with Crippen molar-refractivity contribution in [3.8, 4) is 16.9 Å². The molecule has 164 valence electrons. The van der Waals surface area contributed by atoms with Crippen LogP contribution in [0.15, 0.2) is 65.6 Å². The number of rotatable bonds is 5. The molecular weight excluding hydrogens is 438 g/mol. The summed E-state index contributed by atoms with van der Waals surface area (Å²) in [5, 5.41) is 21.4. The summed E-state index contributed by atoms with van der Waals surface area (Å²) in [6.45, 7) is -0.0512. The Morgan fingerprint density at radius 2 is 1.53 bits per heavy atom. The summed E-state index contributed by atoms with van der Waals surface area (Å²) < 4.78 is 37.4. The van der Waals surface area contributed by atoms with E-state index in [4.69, 9.17) is 9.84 Å². The minimum Gasteiger partial charge on any atom is -0.505 e. The molecule has 3 aromatic rings. The van der Waals surface area contributed by atoms with Crippen LogP contribution >= 0.6 is 0 Å². The quantitative estimate of drug-likeness (QED) is 0.336. The van der Waals surface area contributed by atoms with E-state index in [1.165, 1.54) is 0 Å². The molecule has 0 atom stereocenters. The van der Waals surface area contributed by atoms with Crippen LogP contribution < -0.4 is 5.32 Å². The first kappa shape index (κ1) is 21.3. The van der Waals surface area contributed by atoms with Crippen molar-refractivity contribution in [3.63, 3.8) is 0 Å². The molecule has 32 heavy (non-hydrogen) atoms. The fraction of sp³-hybridized carbons (Fsp3) is 0.0909. The van der Waals surface area contributed by atoms with Gasteiger partial charge in [0, 0.05) is 5.92 Å². The van der Waals surface area contributed by atoms with Gasteiger partial charge in [-0.3, -0.25) is 9.87 Å². The standard InChI is InChI=1S/C22H17NO8S/c24-20-17(21(25)26)9-12(32(28,29)30)10-19(20)23-22(27)31-11-18-15-7-3-1-5-13(15)14-6-2-4-8-16(14)18/h1-10,18,24H,11H2,(H,23,27)(H,25,26)(H,28,29,30). The lowest BCUT2D eigenvalue weighted by Crippen LogP contribution is -2.18. The van der Waals surface area contributed by atoms with Gasteiger partial charge in [0.05, 0.1) is 10.6 Å². The molecule has 4 N–H and O–H groups in total. The van der Waals surface area contributed by atoms with E-state index in [0.717, 1.165) is 28.3 Å². The Bertz CT molecular complexity index is 1300. The highest BCUT2D eigenvalue weighted by Gasteiger charge is 2.29. The molecule has 0 saturated heterocycles. The monoisotopic (exact) mass is 455 g/mol. The molecule has 0 spiro atoms. The van der Waals surface area contributed by atoms with Crippen LogP contribution in [-0.2, 0) is 14.9 Å². The summed E-state index contributed by atoms with van der Waals surface area (Å²) >= 11 is 0. The Kier molecular flexibility index (Phi) is 5.33. The Morgan fingerprint density at radius 1 is 0.969 bits per heavy atom. The highest BCUT2D eigenvalue weighted by molar-refractivity contribution is 7.85. The minimum absolute atomic E-state index is 0.0512. The van der Waals surface area contributed by atoms with Gasteiger partial charge in [-0.2, -0.15) is 8.42 Å². The second kappa shape index (κ2) is 7.98. The molecule has 4 rings (SSSR count). The number of hydrogen-bond donors (Lipinski definition) is 4. The topological polar surface area (TPSA) is 150 Å². The molecule has 1 aliphatic rings. The zero-order chi connectivity index (χ0) is 23.0. The van der Waals surface area contributed by atoms with Crippen molar-refractivity contribution in [2.45, 2.75) is 10.8 Å². The van der Waals surface area contributed by atoms with Gasteiger partial charge in [0.1, 0.15) is 12.2 Å². The van der Waals surface area contributed by atoms with E-state index in [1.807, 2.05) is 48.5 Å².